The number of aliphatic carboxylic acids is 1. The van der Waals surface area contributed by atoms with E-state index >= 15 is 0 Å². The lowest BCUT2D eigenvalue weighted by Crippen LogP contribution is -2.44. The monoisotopic (exact) mass is 1070 g/mol. The molecule has 19 heteroatoms. The molecule has 0 bridgehead atoms. The minimum absolute atomic E-state index is 0. The third-order valence-corrected chi connectivity index (χ3v) is 10.8. The molecule has 3 aromatic heterocycles. The molecular weight excluding hydrogens is 1000 g/mol. The van der Waals surface area contributed by atoms with E-state index in [4.69, 9.17) is 10.8 Å². The molecule has 0 unspecified atom stereocenters. The van der Waals surface area contributed by atoms with Crippen molar-refractivity contribution in [1.29, 1.82) is 0 Å². The highest BCUT2D eigenvalue weighted by Gasteiger charge is 2.26. The molecule has 3 heterocycles. The molecular formula is C58H66F3N5O11. The van der Waals surface area contributed by atoms with E-state index in [0.717, 1.165) is 0 Å². The molecule has 77 heavy (non-hydrogen) atoms. The number of carboxylic acids is 1. The number of carbonyl (C=O) groups is 9. The minimum atomic E-state index is -1.57. The van der Waals surface area contributed by atoms with E-state index in [-0.39, 0.29) is 88.6 Å². The quantitative estimate of drug-likeness (QED) is 0.0470. The fourth-order valence-electron chi connectivity index (χ4n) is 7.14. The summed E-state index contributed by atoms with van der Waals surface area (Å²) < 4.78 is 48.9. The first-order valence-electron chi connectivity index (χ1n) is 24.1. The van der Waals surface area contributed by atoms with Crippen molar-refractivity contribution < 1.29 is 66.2 Å². The van der Waals surface area contributed by atoms with Crippen molar-refractivity contribution in [1.82, 2.24) is 19.0 Å². The van der Waals surface area contributed by atoms with Gasteiger partial charge in [0.05, 0.1) is 23.7 Å². The van der Waals surface area contributed by atoms with E-state index in [1.807, 2.05) is 20.8 Å². The number of rotatable bonds is 16. The number of ether oxygens (including phenoxy) is 1. The molecule has 0 radical (unpaired) electrons. The normalized spacial score (nSPS) is 10.9. The van der Waals surface area contributed by atoms with Gasteiger partial charge in [-0.05, 0) is 139 Å². The number of aromatic nitrogens is 3. The number of esters is 1. The van der Waals surface area contributed by atoms with Crippen molar-refractivity contribution in [3.05, 3.63) is 176 Å². The van der Waals surface area contributed by atoms with Crippen molar-refractivity contribution in [2.75, 3.05) is 6.61 Å². The largest absolute Gasteiger partial charge is 0.475 e. The lowest BCUT2D eigenvalue weighted by molar-refractivity contribution is -0.137. The van der Waals surface area contributed by atoms with E-state index in [1.54, 1.807) is 99.9 Å². The smallest absolute Gasteiger partial charge is 0.379 e. The van der Waals surface area contributed by atoms with Crippen LogP contribution in [0.15, 0.2) is 91.4 Å². The van der Waals surface area contributed by atoms with Gasteiger partial charge in [-0.1, -0.05) is 36.4 Å². The number of nitrogens with zero attached hydrogens (tertiary/aromatic N) is 3. The van der Waals surface area contributed by atoms with Gasteiger partial charge in [0.2, 0.25) is 0 Å². The number of Topliss-reactive ketones (excluding diaryl/α,β-unsaturated/α-hetero) is 6. The van der Waals surface area contributed by atoms with Crippen molar-refractivity contribution in [2.45, 2.75) is 99.6 Å². The van der Waals surface area contributed by atoms with Gasteiger partial charge in [-0.25, -0.2) is 22.8 Å². The maximum Gasteiger partial charge on any atom is 0.379 e. The van der Waals surface area contributed by atoms with Gasteiger partial charge in [0.15, 0.2) is 17.3 Å². The highest BCUT2D eigenvalue weighted by Crippen LogP contribution is 2.19. The van der Waals surface area contributed by atoms with Crippen molar-refractivity contribution in [3.8, 4) is 0 Å². The fraction of sp³-hybridized carbons (Fsp3) is 0.328. The van der Waals surface area contributed by atoms with Crippen LogP contribution >= 0.6 is 0 Å². The number of nitrogens with two attached hydrogens (primary N) is 1. The van der Waals surface area contributed by atoms with Crippen molar-refractivity contribution >= 4 is 52.5 Å². The summed E-state index contributed by atoms with van der Waals surface area (Å²) in [4.78, 5) is 107. The Morgan fingerprint density at radius 3 is 1.10 bits per heavy atom. The maximum atomic E-state index is 13.3. The molecule has 0 fully saturated rings. The number of benzene rings is 3. The van der Waals surface area contributed by atoms with E-state index in [9.17, 15) is 56.3 Å². The molecule has 0 spiro atoms. The molecule has 0 aliphatic rings. The zero-order valence-electron chi connectivity index (χ0n) is 45.6. The Balaban J connectivity index is 0.000000291. The van der Waals surface area contributed by atoms with Crippen LogP contribution in [0.3, 0.4) is 0 Å². The van der Waals surface area contributed by atoms with Crippen LogP contribution in [-0.2, 0) is 59.5 Å². The summed E-state index contributed by atoms with van der Waals surface area (Å²) in [6, 6.07) is 17.4. The Labute approximate surface area is 445 Å². The first-order valence-corrected chi connectivity index (χ1v) is 24.1. The van der Waals surface area contributed by atoms with Crippen LogP contribution in [-0.4, -0.2) is 89.0 Å². The van der Waals surface area contributed by atoms with Gasteiger partial charge in [-0.3, -0.25) is 33.6 Å². The zero-order chi connectivity index (χ0) is 58.4. The Bertz CT molecular complexity index is 3210. The van der Waals surface area contributed by atoms with E-state index < -0.39 is 40.7 Å². The molecule has 16 nitrogen and oxygen atoms in total. The minimum Gasteiger partial charge on any atom is -0.475 e. The molecule has 4 N–H and O–H groups in total. The van der Waals surface area contributed by atoms with E-state index in [2.05, 4.69) is 10.1 Å². The molecule has 0 aliphatic heterocycles. The first kappa shape index (κ1) is 63.0. The number of halogens is 3. The molecule has 6 rings (SSSR count). The van der Waals surface area contributed by atoms with Gasteiger partial charge >= 0.3 is 11.9 Å². The molecule has 0 aliphatic carbocycles. The summed E-state index contributed by atoms with van der Waals surface area (Å²) in [5.41, 5.74) is 9.28. The van der Waals surface area contributed by atoms with Crippen LogP contribution in [0.2, 0.25) is 0 Å². The van der Waals surface area contributed by atoms with Gasteiger partial charge < -0.3 is 34.6 Å². The molecule has 0 atom stereocenters. The summed E-state index contributed by atoms with van der Waals surface area (Å²) in [7, 11) is 4.81. The van der Waals surface area contributed by atoms with Gasteiger partial charge in [0, 0.05) is 86.8 Å². The molecule has 0 saturated heterocycles. The predicted octanol–water partition coefficient (Wildman–Crippen LogP) is 8.55. The molecule has 3 aromatic carbocycles. The van der Waals surface area contributed by atoms with E-state index in [0.29, 0.717) is 44.8 Å². The van der Waals surface area contributed by atoms with Gasteiger partial charge in [0.1, 0.15) is 17.5 Å². The summed E-state index contributed by atoms with van der Waals surface area (Å²) in [5.74, 6) is -7.48. The number of carboxylic acid groups (broad SMARTS) is 1. The summed E-state index contributed by atoms with van der Waals surface area (Å²) >= 11 is 0. The molecule has 1 amide bonds. The summed E-state index contributed by atoms with van der Waals surface area (Å²) in [6.07, 6.45) is 4.39. The molecule has 6 aromatic rings. The first-order chi connectivity index (χ1) is 35.6. The number of nitrogens with one attached hydrogen (secondary N) is 1. The van der Waals surface area contributed by atoms with Crippen molar-refractivity contribution in [2.24, 2.45) is 26.9 Å². The van der Waals surface area contributed by atoms with Crippen LogP contribution in [0.25, 0.3) is 0 Å². The van der Waals surface area contributed by atoms with Crippen LogP contribution in [0, 0.1) is 38.2 Å². The topological polar surface area (TPSA) is 236 Å². The Morgan fingerprint density at radius 2 is 0.831 bits per heavy atom. The number of carbonyl (C=O) groups excluding carboxylic acids is 8. The van der Waals surface area contributed by atoms with Crippen LogP contribution in [0.4, 0.5) is 13.2 Å². The average molecular weight is 1070 g/mol. The fourth-order valence-corrected chi connectivity index (χ4v) is 7.14. The predicted molar refractivity (Wildman–Crippen MR) is 283 cm³/mol. The lowest BCUT2D eigenvalue weighted by Gasteiger charge is -2.19. The standard InChI is InChI=1S/C20H23FN2O3.C18H18FNO4.C16H14FNO4.C4H11N/c1-12-8-13(6-7-15(12)21)9-17(24)16-10-14(11-23(16)5)18(25)19(26)22-20(2,3)4;1-4-24-18(23)17(22)13-9-15(20(3)10-13)16(21)8-12-5-6-14(19)11(2)7-12;1-9-5-10(3-4-12(9)17)6-14(19)13-7-11(8-18(13)2)15(20)16(21)22;1-4(2,3)5/h6-8,10-11H,9H2,1-5H3,(H,22,26);5-7,9-10H,4,8H2,1-3H3;3-5,7-8H,6H2,1-2H3,(H,21,22);5H2,1-3H3. The Hall–Kier alpha value is -8.32. The second-order valence-corrected chi connectivity index (χ2v) is 20.3. The van der Waals surface area contributed by atoms with Crippen LogP contribution < -0.4 is 11.1 Å². The van der Waals surface area contributed by atoms with E-state index in [1.165, 1.54) is 74.8 Å². The number of hydrogen-bond acceptors (Lipinski definition) is 11. The third kappa shape index (κ3) is 19.4. The van der Waals surface area contributed by atoms with Crippen LogP contribution in [0.5, 0.6) is 0 Å². The van der Waals surface area contributed by atoms with Gasteiger partial charge in [-0.15, -0.1) is 0 Å². The number of ketones is 6. The lowest BCUT2D eigenvalue weighted by atomic mass is 10.0. The second kappa shape index (κ2) is 26.9. The Morgan fingerprint density at radius 1 is 0.532 bits per heavy atom. The highest BCUT2D eigenvalue weighted by atomic mass is 19.1. The summed E-state index contributed by atoms with van der Waals surface area (Å²) in [6.45, 7) is 17.8. The van der Waals surface area contributed by atoms with Gasteiger partial charge in [0.25, 0.3) is 23.3 Å². The number of aryl methyl sites for hydroxylation is 6. The van der Waals surface area contributed by atoms with Crippen molar-refractivity contribution in [3.63, 3.8) is 0 Å². The average Bonchev–Trinajstić information content (AvgIpc) is 4.04. The Kier molecular flexibility index (Phi) is 22.0. The third-order valence-electron chi connectivity index (χ3n) is 10.8. The number of hydrogen-bond donors (Lipinski definition) is 3. The van der Waals surface area contributed by atoms with Gasteiger partial charge in [-0.2, -0.15) is 0 Å². The highest BCUT2D eigenvalue weighted by molar-refractivity contribution is 6.43. The molecule has 0 saturated carbocycles. The SMILES string of the molecule is CC(C)(C)N.CCOC(=O)C(=O)c1cc(C(=O)Cc2ccc(F)c(C)c2)n(C)c1.Cc1cc(CC(=O)c2cc(C(=O)C(=O)NC(C)(C)C)cn2C)ccc1F.Cc1cc(CC(=O)c2cc(C(=O)C(=O)O)cn2C)ccc1F. The second-order valence-electron chi connectivity index (χ2n) is 20.3. The molecule has 410 valence electrons. The maximum absolute atomic E-state index is 13.3. The van der Waals surface area contributed by atoms with Crippen LogP contribution in [0.1, 0.15) is 144 Å². The summed E-state index contributed by atoms with van der Waals surface area (Å²) in [5, 5.41) is 11.3. The number of amides is 1. The zero-order valence-corrected chi connectivity index (χ0v) is 45.6.